The number of ether oxygens (including phenoxy) is 2. The van der Waals surface area contributed by atoms with Gasteiger partial charge < -0.3 is 30.1 Å². The molecule has 4 N–H and O–H groups in total. The average molecular weight is 431 g/mol. The lowest BCUT2D eigenvalue weighted by atomic mass is 9.85. The highest BCUT2D eigenvalue weighted by Gasteiger charge is 2.74. The van der Waals surface area contributed by atoms with Gasteiger partial charge in [-0.15, -0.1) is 0 Å². The van der Waals surface area contributed by atoms with Gasteiger partial charge in [0.25, 0.3) is 11.5 Å². The molecule has 166 valence electrons. The van der Waals surface area contributed by atoms with Crippen molar-refractivity contribution >= 4 is 17.5 Å². The lowest BCUT2D eigenvalue weighted by Crippen LogP contribution is -2.60. The fourth-order valence-corrected chi connectivity index (χ4v) is 3.81. The molecular weight excluding hydrogens is 406 g/mol. The molecule has 3 rings (SSSR count). The minimum absolute atomic E-state index is 0.135. The van der Waals surface area contributed by atoms with Crippen molar-refractivity contribution in [2.45, 2.75) is 49.9 Å². The summed E-state index contributed by atoms with van der Waals surface area (Å²) in [6.45, 7) is 3.13. The molecule has 0 saturated carbocycles. The maximum Gasteiger partial charge on any atom is 0.278 e. The van der Waals surface area contributed by atoms with Gasteiger partial charge in [0.05, 0.1) is 0 Å². The highest BCUT2D eigenvalue weighted by Crippen LogP contribution is 2.44. The van der Waals surface area contributed by atoms with E-state index in [-0.39, 0.29) is 16.9 Å². The number of allylic oxidation sites excluding steroid dienone is 1. The van der Waals surface area contributed by atoms with Crippen molar-refractivity contribution in [2.24, 2.45) is 0 Å². The number of hydrogen-bond acceptors (Lipinski definition) is 8. The normalized spacial score (nSPS) is 30.1. The van der Waals surface area contributed by atoms with Crippen molar-refractivity contribution in [3.8, 4) is 0 Å². The Morgan fingerprint density at radius 1 is 1.29 bits per heavy atom. The Labute approximate surface area is 179 Å². The van der Waals surface area contributed by atoms with E-state index >= 15 is 0 Å². The maximum atomic E-state index is 13.1. The van der Waals surface area contributed by atoms with E-state index in [1.54, 1.807) is 24.3 Å². The Morgan fingerprint density at radius 2 is 1.94 bits per heavy atom. The Morgan fingerprint density at radius 3 is 2.52 bits per heavy atom. The van der Waals surface area contributed by atoms with Crippen LogP contribution in [0.4, 0.5) is 0 Å². The average Bonchev–Trinajstić information content (AvgIpc) is 3.18. The van der Waals surface area contributed by atoms with Crippen molar-refractivity contribution in [1.82, 2.24) is 5.32 Å². The molecular formula is C22H25NO8. The van der Waals surface area contributed by atoms with Crippen molar-refractivity contribution in [3.05, 3.63) is 59.4 Å². The molecule has 1 saturated heterocycles. The van der Waals surface area contributed by atoms with Crippen LogP contribution in [-0.2, 0) is 19.1 Å². The van der Waals surface area contributed by atoms with Gasteiger partial charge in [0.2, 0.25) is 17.3 Å². The molecule has 2 aliphatic rings. The fourth-order valence-electron chi connectivity index (χ4n) is 3.81. The number of methoxy groups -OCH3 is 1. The Balaban J connectivity index is 1.99. The minimum atomic E-state index is -2.53. The highest BCUT2D eigenvalue weighted by atomic mass is 16.6. The quantitative estimate of drug-likeness (QED) is 0.269. The Hall–Kier alpha value is -2.85. The van der Waals surface area contributed by atoms with Gasteiger partial charge in [0.1, 0.15) is 18.0 Å². The van der Waals surface area contributed by atoms with E-state index in [9.17, 15) is 29.7 Å². The van der Waals surface area contributed by atoms with Crippen LogP contribution < -0.4 is 5.32 Å². The summed E-state index contributed by atoms with van der Waals surface area (Å²) in [5.41, 5.74) is -4.83. The molecule has 0 bridgehead atoms. The largest absolute Gasteiger partial charge is 0.467 e. The Kier molecular flexibility index (Phi) is 6.15. The standard InChI is InChI=1S/C22H25NO8/c1-4-5-11-14(24)15(25)16-12(2)17(26)21(31-16)19(28)22(30-3,23-20(21)29)18(27)13-9-7-6-8-10-13/h5-11,14-15,19,24-25,28H,4H2,1-3H3,(H,23,29)/b11-5-/t14-,15-,19?,21+,22+/m0/s1. The number of aliphatic hydroxyl groups is 3. The first-order chi connectivity index (χ1) is 14.7. The van der Waals surface area contributed by atoms with Crippen molar-refractivity contribution < 1.29 is 39.2 Å². The molecule has 5 atom stereocenters. The van der Waals surface area contributed by atoms with Crippen LogP contribution in [0.5, 0.6) is 0 Å². The molecule has 1 spiro atoms. The first kappa shape index (κ1) is 22.8. The van der Waals surface area contributed by atoms with Crippen molar-refractivity contribution in [2.75, 3.05) is 7.11 Å². The third kappa shape index (κ3) is 3.30. The van der Waals surface area contributed by atoms with Gasteiger partial charge in [-0.3, -0.25) is 14.4 Å². The second-order valence-electron chi connectivity index (χ2n) is 7.42. The molecule has 1 aromatic carbocycles. The molecule has 0 radical (unpaired) electrons. The smallest absolute Gasteiger partial charge is 0.278 e. The zero-order valence-corrected chi connectivity index (χ0v) is 17.4. The van der Waals surface area contributed by atoms with Crippen LogP contribution in [-0.4, -0.2) is 69.5 Å². The van der Waals surface area contributed by atoms with Crippen LogP contribution in [0.1, 0.15) is 30.6 Å². The topological polar surface area (TPSA) is 142 Å². The van der Waals surface area contributed by atoms with Crippen molar-refractivity contribution in [3.63, 3.8) is 0 Å². The predicted molar refractivity (Wildman–Crippen MR) is 108 cm³/mol. The number of ketones is 2. The van der Waals surface area contributed by atoms with Gasteiger partial charge in [-0.25, -0.2) is 0 Å². The third-order valence-electron chi connectivity index (χ3n) is 5.58. The zero-order chi connectivity index (χ0) is 23.0. The molecule has 9 heteroatoms. The van der Waals surface area contributed by atoms with Crippen LogP contribution in [0.25, 0.3) is 0 Å². The summed E-state index contributed by atoms with van der Waals surface area (Å²) in [6.07, 6.45) is -1.60. The van der Waals surface area contributed by atoms with Crippen LogP contribution >= 0.6 is 0 Å². The summed E-state index contributed by atoms with van der Waals surface area (Å²) in [4.78, 5) is 39.2. The zero-order valence-electron chi connectivity index (χ0n) is 17.4. The monoisotopic (exact) mass is 431 g/mol. The maximum absolute atomic E-state index is 13.1. The molecule has 2 heterocycles. The molecule has 0 aromatic heterocycles. The van der Waals surface area contributed by atoms with E-state index in [1.165, 1.54) is 25.1 Å². The number of nitrogens with one attached hydrogen (secondary N) is 1. The summed E-state index contributed by atoms with van der Waals surface area (Å²) in [7, 11) is 1.11. The Bertz CT molecular complexity index is 956. The number of benzene rings is 1. The SMILES string of the molecule is CC/C=C\[C@H](O)[C@H](O)C1=C(C)C(=O)[C@]2(O1)C(=O)N[C@@](OC)(C(=O)c1ccccc1)C2O. The van der Waals surface area contributed by atoms with Gasteiger partial charge >= 0.3 is 0 Å². The molecule has 1 aromatic rings. The number of rotatable bonds is 7. The summed E-state index contributed by atoms with van der Waals surface area (Å²) in [5, 5.41) is 34.0. The summed E-state index contributed by atoms with van der Waals surface area (Å²) in [5.74, 6) is -3.15. The number of carbonyl (C=O) groups excluding carboxylic acids is 3. The van der Waals surface area contributed by atoms with Gasteiger partial charge in [0, 0.05) is 18.2 Å². The minimum Gasteiger partial charge on any atom is -0.467 e. The van der Waals surface area contributed by atoms with Gasteiger partial charge in [-0.05, 0) is 13.3 Å². The third-order valence-corrected chi connectivity index (χ3v) is 5.58. The van der Waals surface area contributed by atoms with Gasteiger partial charge in [0.15, 0.2) is 6.10 Å². The number of hydrogen-bond donors (Lipinski definition) is 4. The molecule has 1 unspecified atom stereocenters. The van der Waals surface area contributed by atoms with E-state index in [4.69, 9.17) is 9.47 Å². The molecule has 1 amide bonds. The van der Waals surface area contributed by atoms with E-state index in [0.717, 1.165) is 7.11 Å². The van der Waals surface area contributed by atoms with E-state index in [2.05, 4.69) is 5.32 Å². The fraction of sp³-hybridized carbons (Fsp3) is 0.409. The van der Waals surface area contributed by atoms with Gasteiger partial charge in [-0.1, -0.05) is 49.4 Å². The summed E-state index contributed by atoms with van der Waals surface area (Å²) in [6, 6.07) is 7.82. The van der Waals surface area contributed by atoms with Crippen LogP contribution in [0.15, 0.2) is 53.8 Å². The number of aliphatic hydroxyl groups excluding tert-OH is 3. The predicted octanol–water partition coefficient (Wildman–Crippen LogP) is 0.00280. The number of Topliss-reactive ketones (excluding diaryl/α,β-unsaturated/α-hetero) is 2. The van der Waals surface area contributed by atoms with Crippen LogP contribution in [0.2, 0.25) is 0 Å². The van der Waals surface area contributed by atoms with Crippen molar-refractivity contribution in [1.29, 1.82) is 0 Å². The molecule has 0 aliphatic carbocycles. The lowest BCUT2D eigenvalue weighted by Gasteiger charge is -2.32. The molecule has 31 heavy (non-hydrogen) atoms. The second kappa shape index (κ2) is 8.35. The van der Waals surface area contributed by atoms with Gasteiger partial charge in [-0.2, -0.15) is 0 Å². The summed E-state index contributed by atoms with van der Waals surface area (Å²) >= 11 is 0. The second-order valence-corrected chi connectivity index (χ2v) is 7.42. The molecule has 1 fully saturated rings. The number of amides is 1. The molecule has 2 aliphatic heterocycles. The van der Waals surface area contributed by atoms with E-state index in [1.807, 2.05) is 6.92 Å². The highest BCUT2D eigenvalue weighted by molar-refractivity contribution is 6.23. The van der Waals surface area contributed by atoms with E-state index in [0.29, 0.717) is 6.42 Å². The first-order valence-corrected chi connectivity index (χ1v) is 9.80. The van der Waals surface area contributed by atoms with Crippen LogP contribution in [0.3, 0.4) is 0 Å². The van der Waals surface area contributed by atoms with Crippen LogP contribution in [0, 0.1) is 0 Å². The lowest BCUT2D eigenvalue weighted by molar-refractivity contribution is -0.163. The van der Waals surface area contributed by atoms with E-state index < -0.39 is 47.1 Å². The summed E-state index contributed by atoms with van der Waals surface area (Å²) < 4.78 is 10.8. The first-order valence-electron chi connectivity index (χ1n) is 9.80. The molecule has 9 nitrogen and oxygen atoms in total. The number of carbonyl (C=O) groups is 3.